The van der Waals surface area contributed by atoms with Gasteiger partial charge in [0.1, 0.15) is 16.2 Å². The van der Waals surface area contributed by atoms with E-state index in [1.807, 2.05) is 0 Å². The minimum absolute atomic E-state index is 0.0655. The first-order chi connectivity index (χ1) is 14.1. The number of fused-ring (bicyclic) bond motifs is 1. The predicted octanol–water partition coefficient (Wildman–Crippen LogP) is -1.06. The van der Waals surface area contributed by atoms with Crippen LogP contribution in [0.1, 0.15) is 29.9 Å². The summed E-state index contributed by atoms with van der Waals surface area (Å²) in [6, 6.07) is 0. The third-order valence-electron chi connectivity index (χ3n) is 5.50. The van der Waals surface area contributed by atoms with Gasteiger partial charge >= 0.3 is 5.69 Å². The van der Waals surface area contributed by atoms with Crippen molar-refractivity contribution >= 4 is 15.9 Å². The molecule has 3 N–H and O–H groups in total. The van der Waals surface area contributed by atoms with E-state index in [1.165, 1.54) is 13.8 Å². The number of nitrogens with zero attached hydrogens (tertiary/aromatic N) is 2. The average Bonchev–Trinajstić information content (AvgIpc) is 3.20. The Morgan fingerprint density at radius 2 is 1.93 bits per heavy atom. The van der Waals surface area contributed by atoms with Crippen molar-refractivity contribution < 1.29 is 22.5 Å². The maximum absolute atomic E-state index is 12.5. The van der Waals surface area contributed by atoms with E-state index in [4.69, 9.17) is 9.26 Å². The fraction of sp³-hybridized carbons (Fsp3) is 0.529. The van der Waals surface area contributed by atoms with Gasteiger partial charge in [-0.1, -0.05) is 5.16 Å². The van der Waals surface area contributed by atoms with Crippen molar-refractivity contribution in [1.82, 2.24) is 24.7 Å². The number of rotatable bonds is 4. The molecule has 12 nitrogen and oxygen atoms in total. The number of aromatic amines is 2. The highest BCUT2D eigenvalue weighted by Gasteiger charge is 2.44. The first kappa shape index (κ1) is 20.3. The Labute approximate surface area is 170 Å². The van der Waals surface area contributed by atoms with Crippen LogP contribution in [0, 0.1) is 13.8 Å². The van der Waals surface area contributed by atoms with E-state index in [2.05, 4.69) is 19.8 Å². The number of carbonyl (C=O) groups is 1. The lowest BCUT2D eigenvalue weighted by Gasteiger charge is -2.38. The highest BCUT2D eigenvalue weighted by atomic mass is 32.2. The van der Waals surface area contributed by atoms with Gasteiger partial charge in [-0.05, 0) is 13.8 Å². The van der Waals surface area contributed by atoms with Gasteiger partial charge < -0.3 is 14.2 Å². The average molecular weight is 439 g/mol. The first-order valence-electron chi connectivity index (χ1n) is 9.35. The van der Waals surface area contributed by atoms with E-state index in [1.54, 1.807) is 4.90 Å². The van der Waals surface area contributed by atoms with E-state index in [0.717, 1.165) is 0 Å². The van der Waals surface area contributed by atoms with E-state index in [-0.39, 0.29) is 28.1 Å². The Morgan fingerprint density at radius 3 is 2.57 bits per heavy atom. The highest BCUT2D eigenvalue weighted by Crippen LogP contribution is 2.37. The molecule has 0 saturated carbocycles. The number of likely N-dealkylation sites (tertiary alicyclic amines) is 1. The van der Waals surface area contributed by atoms with Crippen molar-refractivity contribution in [2.75, 3.05) is 19.6 Å². The number of hydrogen-bond donors (Lipinski definition) is 3. The number of aromatic nitrogens is 3. The van der Waals surface area contributed by atoms with E-state index in [9.17, 15) is 22.8 Å². The van der Waals surface area contributed by atoms with Gasteiger partial charge in [-0.2, -0.15) is 0 Å². The molecule has 0 aromatic carbocycles. The second kappa shape index (κ2) is 7.09. The molecule has 13 heteroatoms. The third kappa shape index (κ3) is 3.54. The molecular weight excluding hydrogens is 418 g/mol. The van der Waals surface area contributed by atoms with Gasteiger partial charge in [-0.15, -0.1) is 0 Å². The van der Waals surface area contributed by atoms with E-state index < -0.39 is 33.4 Å². The van der Waals surface area contributed by atoms with Gasteiger partial charge in [-0.25, -0.2) is 17.9 Å². The molecule has 1 fully saturated rings. The number of amides is 1. The van der Waals surface area contributed by atoms with Crippen LogP contribution >= 0.6 is 0 Å². The highest BCUT2D eigenvalue weighted by molar-refractivity contribution is 7.89. The summed E-state index contributed by atoms with van der Waals surface area (Å²) in [7, 11) is -3.93. The fourth-order valence-electron chi connectivity index (χ4n) is 3.96. The zero-order chi connectivity index (χ0) is 21.7. The lowest BCUT2D eigenvalue weighted by Crippen LogP contribution is -2.51. The van der Waals surface area contributed by atoms with Crippen LogP contribution in [0.2, 0.25) is 0 Å². The summed E-state index contributed by atoms with van der Waals surface area (Å²) in [6.45, 7) is 3.27. The molecule has 4 heterocycles. The van der Waals surface area contributed by atoms with Crippen LogP contribution in [0.25, 0.3) is 0 Å². The number of nitrogens with one attached hydrogen (secondary N) is 3. The van der Waals surface area contributed by atoms with E-state index in [0.29, 0.717) is 37.9 Å². The van der Waals surface area contributed by atoms with Crippen molar-refractivity contribution in [3.63, 3.8) is 0 Å². The van der Waals surface area contributed by atoms with Crippen LogP contribution in [-0.2, 0) is 21.2 Å². The Bertz CT molecular complexity index is 1200. The van der Waals surface area contributed by atoms with Gasteiger partial charge in [0.15, 0.2) is 5.76 Å². The van der Waals surface area contributed by atoms with Crippen LogP contribution in [0.4, 0.5) is 0 Å². The molecule has 2 aromatic heterocycles. The molecule has 162 valence electrons. The Hall–Kier alpha value is -2.93. The molecule has 1 amide bonds. The van der Waals surface area contributed by atoms with Gasteiger partial charge in [0, 0.05) is 32.4 Å². The number of piperidine rings is 1. The zero-order valence-corrected chi connectivity index (χ0v) is 17.2. The monoisotopic (exact) mass is 439 g/mol. The summed E-state index contributed by atoms with van der Waals surface area (Å²) in [5, 5.41) is 3.62. The molecule has 2 aromatic rings. The molecule has 2 aliphatic heterocycles. The lowest BCUT2D eigenvalue weighted by atomic mass is 9.87. The van der Waals surface area contributed by atoms with Crippen LogP contribution < -0.4 is 20.7 Å². The standard InChI is InChI=1S/C17H21N5O7S/c1-9-13(10(2)29-21-9)30(26,27)18-8-12(23)22-5-3-17(4-6-22)7-11-14(24)19-16(25)20-15(11)28-17/h18H,3-8H2,1-2H3,(H2,19,20,24,25). The molecule has 0 bridgehead atoms. The maximum Gasteiger partial charge on any atom is 0.328 e. The van der Waals surface area contributed by atoms with Crippen molar-refractivity contribution in [2.45, 2.75) is 43.6 Å². The number of sulfonamides is 1. The molecule has 4 rings (SSSR count). The summed E-state index contributed by atoms with van der Waals surface area (Å²) in [4.78, 5) is 42.1. The van der Waals surface area contributed by atoms with Gasteiger partial charge in [0.25, 0.3) is 5.56 Å². The summed E-state index contributed by atoms with van der Waals surface area (Å²) in [5.41, 5.74) is -1.15. The molecule has 1 saturated heterocycles. The third-order valence-corrected chi connectivity index (χ3v) is 7.14. The maximum atomic E-state index is 12.5. The Morgan fingerprint density at radius 1 is 1.23 bits per heavy atom. The minimum Gasteiger partial charge on any atom is -0.471 e. The smallest absolute Gasteiger partial charge is 0.328 e. The fourth-order valence-corrected chi connectivity index (χ4v) is 5.26. The van der Waals surface area contributed by atoms with Crippen molar-refractivity contribution in [2.24, 2.45) is 0 Å². The van der Waals surface area contributed by atoms with Crippen LogP contribution in [0.5, 0.6) is 5.88 Å². The molecule has 0 aliphatic carbocycles. The number of carbonyl (C=O) groups excluding carboxylic acids is 1. The predicted molar refractivity (Wildman–Crippen MR) is 102 cm³/mol. The number of aryl methyl sites for hydroxylation is 2. The van der Waals surface area contributed by atoms with E-state index >= 15 is 0 Å². The molecule has 1 spiro atoms. The van der Waals surface area contributed by atoms with Gasteiger partial charge in [0.2, 0.25) is 21.8 Å². The van der Waals surface area contributed by atoms with Crippen LogP contribution in [-0.4, -0.2) is 59.6 Å². The summed E-state index contributed by atoms with van der Waals surface area (Å²) >= 11 is 0. The topological polar surface area (TPSA) is 167 Å². The minimum atomic E-state index is -3.93. The number of hydrogen-bond acceptors (Lipinski definition) is 8. The van der Waals surface area contributed by atoms with Gasteiger partial charge in [-0.3, -0.25) is 19.6 Å². The van der Waals surface area contributed by atoms with Gasteiger partial charge in [0.05, 0.1) is 12.1 Å². The zero-order valence-electron chi connectivity index (χ0n) is 16.4. The normalized spacial score (nSPS) is 17.7. The molecule has 0 radical (unpaired) electrons. The second-order valence-electron chi connectivity index (χ2n) is 7.54. The molecule has 2 aliphatic rings. The first-order valence-corrected chi connectivity index (χ1v) is 10.8. The van der Waals surface area contributed by atoms with Crippen molar-refractivity contribution in [3.05, 3.63) is 37.9 Å². The summed E-state index contributed by atoms with van der Waals surface area (Å²) < 4.78 is 37.9. The van der Waals surface area contributed by atoms with Crippen molar-refractivity contribution in [1.29, 1.82) is 0 Å². The SMILES string of the molecule is Cc1noc(C)c1S(=O)(=O)NCC(=O)N1CCC2(CC1)Cc1c([nH]c(=O)[nH]c1=O)O2. The Balaban J connectivity index is 1.37. The summed E-state index contributed by atoms with van der Waals surface area (Å²) in [6.07, 6.45) is 1.24. The number of ether oxygens (including phenoxy) is 1. The molecule has 0 atom stereocenters. The van der Waals surface area contributed by atoms with Crippen LogP contribution in [0.3, 0.4) is 0 Å². The Kier molecular flexibility index (Phi) is 4.81. The molecular formula is C17H21N5O7S. The van der Waals surface area contributed by atoms with Crippen LogP contribution in [0.15, 0.2) is 19.0 Å². The largest absolute Gasteiger partial charge is 0.471 e. The molecule has 0 unspecified atom stereocenters. The quantitative estimate of drug-likeness (QED) is 0.542. The summed E-state index contributed by atoms with van der Waals surface area (Å²) in [5.74, 6) is -0.0453. The van der Waals surface area contributed by atoms with Crippen molar-refractivity contribution in [3.8, 4) is 5.88 Å². The molecule has 30 heavy (non-hydrogen) atoms. The lowest BCUT2D eigenvalue weighted by molar-refractivity contribution is -0.133. The second-order valence-corrected chi connectivity index (χ2v) is 9.24. The number of H-pyrrole nitrogens is 2.